The van der Waals surface area contributed by atoms with Gasteiger partial charge < -0.3 is 9.64 Å². The molecular formula is C23H25N3O4S. The number of amides is 1. The Morgan fingerprint density at radius 2 is 2.03 bits per heavy atom. The van der Waals surface area contributed by atoms with Gasteiger partial charge in [0.15, 0.2) is 0 Å². The lowest BCUT2D eigenvalue weighted by atomic mass is 9.98. The summed E-state index contributed by atoms with van der Waals surface area (Å²) >= 11 is 1.48. The molecule has 162 valence electrons. The Hall–Kier alpha value is -3.00. The van der Waals surface area contributed by atoms with Crippen LogP contribution in [0.15, 0.2) is 41.5 Å². The van der Waals surface area contributed by atoms with E-state index in [9.17, 15) is 14.4 Å². The highest BCUT2D eigenvalue weighted by Gasteiger charge is 2.29. The van der Waals surface area contributed by atoms with Crippen molar-refractivity contribution in [3.05, 3.63) is 52.6 Å². The number of ether oxygens (including phenoxy) is 1. The standard InChI is InChI=1S/C23H25N3O4S/c1-3-30-23(29)17-10-7-11-25(12-17)18(27)13-26-14-24-21-19(22(26)28)15(2)20(31-21)16-8-5-4-6-9-16/h4-6,8-9,14,17H,3,7,10-13H2,1-2H3/t17-/m0/s1. The Morgan fingerprint density at radius 1 is 1.26 bits per heavy atom. The number of carbonyl (C=O) groups excluding carboxylic acids is 2. The third kappa shape index (κ3) is 4.25. The minimum atomic E-state index is -0.303. The highest BCUT2D eigenvalue weighted by atomic mass is 32.1. The zero-order chi connectivity index (χ0) is 22.0. The molecule has 1 atom stereocenters. The van der Waals surface area contributed by atoms with Gasteiger partial charge in [0.05, 0.1) is 24.2 Å². The second-order valence-corrected chi connectivity index (χ2v) is 8.71. The summed E-state index contributed by atoms with van der Waals surface area (Å²) in [5.41, 5.74) is 1.71. The summed E-state index contributed by atoms with van der Waals surface area (Å²) < 4.78 is 6.47. The van der Waals surface area contributed by atoms with Gasteiger partial charge in [0.25, 0.3) is 5.56 Å². The van der Waals surface area contributed by atoms with E-state index >= 15 is 0 Å². The summed E-state index contributed by atoms with van der Waals surface area (Å²) in [5, 5.41) is 0.558. The molecule has 0 spiro atoms. The quantitative estimate of drug-likeness (QED) is 0.570. The molecule has 31 heavy (non-hydrogen) atoms. The molecule has 0 saturated carbocycles. The molecule has 1 saturated heterocycles. The predicted octanol–water partition coefficient (Wildman–Crippen LogP) is 3.24. The van der Waals surface area contributed by atoms with Crippen molar-refractivity contribution in [1.82, 2.24) is 14.5 Å². The predicted molar refractivity (Wildman–Crippen MR) is 120 cm³/mol. The second kappa shape index (κ2) is 9.01. The van der Waals surface area contributed by atoms with Gasteiger partial charge in [-0.25, -0.2) is 4.98 Å². The van der Waals surface area contributed by atoms with Gasteiger partial charge in [-0.1, -0.05) is 30.3 Å². The SMILES string of the molecule is CCOC(=O)[C@H]1CCCN(C(=O)Cn2cnc3sc(-c4ccccc4)c(C)c3c2=O)C1. The van der Waals surface area contributed by atoms with E-state index in [2.05, 4.69) is 4.98 Å². The Morgan fingerprint density at radius 3 is 2.77 bits per heavy atom. The highest BCUT2D eigenvalue weighted by Crippen LogP contribution is 2.35. The van der Waals surface area contributed by atoms with Crippen molar-refractivity contribution in [1.29, 1.82) is 0 Å². The van der Waals surface area contributed by atoms with Crippen LogP contribution in [0.25, 0.3) is 20.7 Å². The topological polar surface area (TPSA) is 81.5 Å². The number of aryl methyl sites for hydroxylation is 1. The van der Waals surface area contributed by atoms with E-state index in [0.29, 0.717) is 36.3 Å². The lowest BCUT2D eigenvalue weighted by molar-refractivity contribution is -0.151. The highest BCUT2D eigenvalue weighted by molar-refractivity contribution is 7.22. The zero-order valence-electron chi connectivity index (χ0n) is 17.7. The van der Waals surface area contributed by atoms with Crippen LogP contribution in [0.4, 0.5) is 0 Å². The number of benzene rings is 1. The first-order valence-electron chi connectivity index (χ1n) is 10.5. The van der Waals surface area contributed by atoms with Gasteiger partial charge in [-0.3, -0.25) is 19.0 Å². The van der Waals surface area contributed by atoms with Crippen LogP contribution in [0, 0.1) is 12.8 Å². The number of likely N-dealkylation sites (tertiary alicyclic amines) is 1. The van der Waals surface area contributed by atoms with E-state index in [4.69, 9.17) is 4.74 Å². The van der Waals surface area contributed by atoms with E-state index < -0.39 is 0 Å². The number of aromatic nitrogens is 2. The number of fused-ring (bicyclic) bond motifs is 1. The third-order valence-electron chi connectivity index (χ3n) is 5.65. The molecular weight excluding hydrogens is 414 g/mol. The lowest BCUT2D eigenvalue weighted by Gasteiger charge is -2.31. The number of hydrogen-bond donors (Lipinski definition) is 0. The molecule has 1 fully saturated rings. The molecule has 0 bridgehead atoms. The van der Waals surface area contributed by atoms with Crippen LogP contribution >= 0.6 is 11.3 Å². The van der Waals surface area contributed by atoms with Crippen LogP contribution in [0.1, 0.15) is 25.3 Å². The molecule has 3 heterocycles. The molecule has 1 aliphatic heterocycles. The monoisotopic (exact) mass is 439 g/mol. The molecule has 4 rings (SSSR count). The summed E-state index contributed by atoms with van der Waals surface area (Å²) in [5.74, 6) is -0.751. The van der Waals surface area contributed by atoms with Crippen LogP contribution in [-0.2, 0) is 20.9 Å². The molecule has 1 amide bonds. The van der Waals surface area contributed by atoms with Crippen molar-refractivity contribution < 1.29 is 14.3 Å². The van der Waals surface area contributed by atoms with Gasteiger partial charge in [0, 0.05) is 18.0 Å². The molecule has 1 aliphatic rings. The van der Waals surface area contributed by atoms with Crippen molar-refractivity contribution >= 4 is 33.4 Å². The van der Waals surface area contributed by atoms with E-state index in [1.807, 2.05) is 37.3 Å². The summed E-state index contributed by atoms with van der Waals surface area (Å²) in [6.07, 6.45) is 2.90. The maximum absolute atomic E-state index is 13.2. The summed E-state index contributed by atoms with van der Waals surface area (Å²) in [6.45, 7) is 4.84. The number of piperidine rings is 1. The molecule has 0 unspecified atom stereocenters. The minimum Gasteiger partial charge on any atom is -0.466 e. The normalized spacial score (nSPS) is 16.5. The number of carbonyl (C=O) groups is 2. The molecule has 3 aromatic rings. The molecule has 8 heteroatoms. The van der Waals surface area contributed by atoms with Gasteiger partial charge >= 0.3 is 5.97 Å². The largest absolute Gasteiger partial charge is 0.466 e. The fourth-order valence-electron chi connectivity index (χ4n) is 4.04. The Kier molecular flexibility index (Phi) is 6.18. The summed E-state index contributed by atoms with van der Waals surface area (Å²) in [7, 11) is 0. The van der Waals surface area contributed by atoms with Gasteiger partial charge in [-0.2, -0.15) is 0 Å². The average Bonchev–Trinajstić information content (AvgIpc) is 3.13. The number of nitrogens with zero attached hydrogens (tertiary/aromatic N) is 3. The maximum Gasteiger partial charge on any atom is 0.310 e. The Balaban J connectivity index is 1.57. The molecule has 7 nitrogen and oxygen atoms in total. The smallest absolute Gasteiger partial charge is 0.310 e. The summed E-state index contributed by atoms with van der Waals surface area (Å²) in [6, 6.07) is 9.90. The van der Waals surface area contributed by atoms with E-state index in [-0.39, 0.29) is 29.9 Å². The molecule has 0 aliphatic carbocycles. The molecule has 2 aromatic heterocycles. The second-order valence-electron chi connectivity index (χ2n) is 7.71. The summed E-state index contributed by atoms with van der Waals surface area (Å²) in [4.78, 5) is 45.9. The number of hydrogen-bond acceptors (Lipinski definition) is 6. The molecule has 0 radical (unpaired) electrons. The number of thiophene rings is 1. The van der Waals surface area contributed by atoms with Crippen LogP contribution < -0.4 is 5.56 Å². The van der Waals surface area contributed by atoms with Gasteiger partial charge in [-0.05, 0) is 37.8 Å². The zero-order valence-corrected chi connectivity index (χ0v) is 18.5. The number of rotatable bonds is 5. The van der Waals surface area contributed by atoms with Gasteiger partial charge in [0.2, 0.25) is 5.91 Å². The fourth-order valence-corrected chi connectivity index (χ4v) is 5.18. The molecule has 1 aromatic carbocycles. The van der Waals surface area contributed by atoms with Crippen molar-refractivity contribution in [3.8, 4) is 10.4 Å². The third-order valence-corrected chi connectivity index (χ3v) is 6.90. The maximum atomic E-state index is 13.2. The van der Waals surface area contributed by atoms with Crippen LogP contribution in [-0.4, -0.2) is 46.0 Å². The van der Waals surface area contributed by atoms with Crippen molar-refractivity contribution in [3.63, 3.8) is 0 Å². The number of esters is 1. The fraction of sp³-hybridized carbons (Fsp3) is 0.391. The average molecular weight is 440 g/mol. The van der Waals surface area contributed by atoms with E-state index in [1.165, 1.54) is 22.2 Å². The first kappa shape index (κ1) is 21.2. The van der Waals surface area contributed by atoms with Crippen molar-refractivity contribution in [2.24, 2.45) is 5.92 Å². The van der Waals surface area contributed by atoms with Crippen molar-refractivity contribution in [2.75, 3.05) is 19.7 Å². The molecule has 0 N–H and O–H groups in total. The Labute approximate surface area is 184 Å². The lowest BCUT2D eigenvalue weighted by Crippen LogP contribution is -2.45. The first-order chi connectivity index (χ1) is 15.0. The minimum absolute atomic E-state index is 0.0900. The van der Waals surface area contributed by atoms with Crippen molar-refractivity contribution in [2.45, 2.75) is 33.2 Å². The van der Waals surface area contributed by atoms with Crippen LogP contribution in [0.5, 0.6) is 0 Å². The first-order valence-corrected chi connectivity index (χ1v) is 11.3. The van der Waals surface area contributed by atoms with E-state index in [0.717, 1.165) is 22.4 Å². The Bertz CT molecular complexity index is 1170. The van der Waals surface area contributed by atoms with Crippen LogP contribution in [0.3, 0.4) is 0 Å². The van der Waals surface area contributed by atoms with Crippen LogP contribution in [0.2, 0.25) is 0 Å². The van der Waals surface area contributed by atoms with Gasteiger partial charge in [0.1, 0.15) is 11.4 Å². The van der Waals surface area contributed by atoms with Gasteiger partial charge in [-0.15, -0.1) is 11.3 Å². The van der Waals surface area contributed by atoms with E-state index in [1.54, 1.807) is 11.8 Å².